The van der Waals surface area contributed by atoms with Gasteiger partial charge in [-0.25, -0.2) is 14.2 Å². The van der Waals surface area contributed by atoms with Gasteiger partial charge in [0.15, 0.2) is 11.6 Å². The van der Waals surface area contributed by atoms with Crippen molar-refractivity contribution in [1.82, 2.24) is 19.9 Å². The van der Waals surface area contributed by atoms with Crippen molar-refractivity contribution < 1.29 is 18.7 Å². The van der Waals surface area contributed by atoms with Crippen LogP contribution >= 0.6 is 11.3 Å². The lowest BCUT2D eigenvalue weighted by Crippen LogP contribution is -2.35. The molecule has 3 aromatic heterocycles. The van der Waals surface area contributed by atoms with Crippen LogP contribution in [-0.2, 0) is 18.3 Å². The van der Waals surface area contributed by atoms with Gasteiger partial charge in [-0.1, -0.05) is 30.3 Å². The standard InChI is InChI=1S/C26H20FN5O3S/c1-32-15-28-14-20(32)23-13-19-25(36-23)22(9-10-29-19)35-21-8-7-17(12-18(21)27)30-26(34)31-24(33)11-16-5-3-2-4-6-16/h2-10,12-15H,11H2,1H3,(H2,30,31,33,34). The number of thiophene rings is 1. The van der Waals surface area contributed by atoms with Crippen LogP contribution in [0.25, 0.3) is 20.8 Å². The van der Waals surface area contributed by atoms with Gasteiger partial charge in [0.05, 0.1) is 39.7 Å². The summed E-state index contributed by atoms with van der Waals surface area (Å²) in [7, 11) is 1.90. The average Bonchev–Trinajstić information content (AvgIpc) is 3.47. The fourth-order valence-electron chi connectivity index (χ4n) is 3.61. The Morgan fingerprint density at radius 3 is 2.67 bits per heavy atom. The summed E-state index contributed by atoms with van der Waals surface area (Å²) in [5.74, 6) is -0.689. The Hall–Kier alpha value is -4.57. The van der Waals surface area contributed by atoms with Gasteiger partial charge in [0, 0.05) is 31.1 Å². The number of imidazole rings is 1. The molecule has 8 nitrogen and oxygen atoms in total. The molecule has 0 fully saturated rings. The Bertz CT molecular complexity index is 1560. The highest BCUT2D eigenvalue weighted by molar-refractivity contribution is 7.22. The SMILES string of the molecule is Cn1cncc1-c1cc2nccc(Oc3ccc(NC(=O)NC(=O)Cc4ccccc4)cc3F)c2s1. The number of aryl methyl sites for hydroxylation is 1. The molecule has 0 atom stereocenters. The number of ether oxygens (including phenoxy) is 1. The summed E-state index contributed by atoms with van der Waals surface area (Å²) >= 11 is 1.47. The van der Waals surface area contributed by atoms with Crippen LogP contribution in [0.5, 0.6) is 11.5 Å². The first-order valence-electron chi connectivity index (χ1n) is 10.9. The Morgan fingerprint density at radius 2 is 1.92 bits per heavy atom. The van der Waals surface area contributed by atoms with E-state index in [0.29, 0.717) is 5.75 Å². The molecule has 0 aliphatic carbocycles. The van der Waals surface area contributed by atoms with E-state index in [4.69, 9.17) is 4.74 Å². The third kappa shape index (κ3) is 5.08. The lowest BCUT2D eigenvalue weighted by Gasteiger charge is -2.10. The molecule has 180 valence electrons. The van der Waals surface area contributed by atoms with Crippen molar-refractivity contribution in [1.29, 1.82) is 0 Å². The molecule has 10 heteroatoms. The van der Waals surface area contributed by atoms with E-state index in [1.165, 1.54) is 23.5 Å². The fourth-order valence-corrected chi connectivity index (χ4v) is 4.73. The van der Waals surface area contributed by atoms with Gasteiger partial charge in [-0.05, 0) is 23.8 Å². The number of imide groups is 1. The molecule has 36 heavy (non-hydrogen) atoms. The zero-order chi connectivity index (χ0) is 25.1. The minimum Gasteiger partial charge on any atom is -0.453 e. The number of nitrogens with zero attached hydrogens (tertiary/aromatic N) is 3. The van der Waals surface area contributed by atoms with E-state index in [2.05, 4.69) is 20.6 Å². The van der Waals surface area contributed by atoms with Crippen molar-refractivity contribution in [3.05, 3.63) is 90.8 Å². The predicted octanol–water partition coefficient (Wildman–Crippen LogP) is 5.52. The van der Waals surface area contributed by atoms with Crippen molar-refractivity contribution in [2.24, 2.45) is 7.05 Å². The highest BCUT2D eigenvalue weighted by atomic mass is 32.1. The second-order valence-electron chi connectivity index (χ2n) is 7.94. The van der Waals surface area contributed by atoms with Crippen molar-refractivity contribution in [2.45, 2.75) is 6.42 Å². The van der Waals surface area contributed by atoms with Gasteiger partial charge >= 0.3 is 6.03 Å². The summed E-state index contributed by atoms with van der Waals surface area (Å²) in [5, 5.41) is 4.70. The maximum atomic E-state index is 14.8. The molecule has 0 bridgehead atoms. The summed E-state index contributed by atoms with van der Waals surface area (Å²) in [6.07, 6.45) is 5.14. The van der Waals surface area contributed by atoms with Crippen LogP contribution in [0.4, 0.5) is 14.9 Å². The Labute approximate surface area is 209 Å². The van der Waals surface area contributed by atoms with Gasteiger partial charge in [-0.3, -0.25) is 15.1 Å². The number of aromatic nitrogens is 3. The first kappa shape index (κ1) is 23.2. The minimum absolute atomic E-state index is 0.0101. The fraction of sp³-hybridized carbons (Fsp3) is 0.0769. The Morgan fingerprint density at radius 1 is 1.08 bits per heavy atom. The first-order valence-corrected chi connectivity index (χ1v) is 11.8. The van der Waals surface area contributed by atoms with E-state index in [1.54, 1.807) is 36.9 Å². The minimum atomic E-state index is -0.749. The molecule has 2 aromatic carbocycles. The van der Waals surface area contributed by atoms with Crippen molar-refractivity contribution >= 4 is 39.2 Å². The van der Waals surface area contributed by atoms with E-state index < -0.39 is 17.8 Å². The monoisotopic (exact) mass is 501 g/mol. The number of pyridine rings is 1. The number of amides is 3. The van der Waals surface area contributed by atoms with Crippen LogP contribution in [0.2, 0.25) is 0 Å². The number of anilines is 1. The molecule has 0 saturated heterocycles. The van der Waals surface area contributed by atoms with E-state index in [9.17, 15) is 14.0 Å². The van der Waals surface area contributed by atoms with Gasteiger partial charge in [0.1, 0.15) is 5.75 Å². The van der Waals surface area contributed by atoms with Gasteiger partial charge < -0.3 is 14.6 Å². The number of carbonyl (C=O) groups is 2. The third-order valence-corrected chi connectivity index (χ3v) is 6.48. The van der Waals surface area contributed by atoms with E-state index in [-0.39, 0.29) is 17.9 Å². The summed E-state index contributed by atoms with van der Waals surface area (Å²) in [6, 6.07) is 15.9. The smallest absolute Gasteiger partial charge is 0.325 e. The zero-order valence-corrected chi connectivity index (χ0v) is 19.9. The summed E-state index contributed by atoms with van der Waals surface area (Å²) < 4.78 is 23.4. The summed E-state index contributed by atoms with van der Waals surface area (Å²) in [5.41, 5.74) is 2.62. The van der Waals surface area contributed by atoms with Crippen LogP contribution < -0.4 is 15.4 Å². The Kier molecular flexibility index (Phi) is 6.42. The number of carbonyl (C=O) groups excluding carboxylic acids is 2. The molecule has 5 rings (SSSR count). The largest absolute Gasteiger partial charge is 0.453 e. The first-order chi connectivity index (χ1) is 17.5. The topological polar surface area (TPSA) is 98.1 Å². The molecule has 3 amide bonds. The molecule has 5 aromatic rings. The molecule has 0 radical (unpaired) electrons. The lowest BCUT2D eigenvalue weighted by molar-refractivity contribution is -0.119. The lowest BCUT2D eigenvalue weighted by atomic mass is 10.1. The average molecular weight is 502 g/mol. The van der Waals surface area contributed by atoms with Crippen molar-refractivity contribution in [2.75, 3.05) is 5.32 Å². The van der Waals surface area contributed by atoms with E-state index in [1.807, 2.05) is 35.9 Å². The van der Waals surface area contributed by atoms with Crippen LogP contribution in [0.1, 0.15) is 5.56 Å². The normalized spacial score (nSPS) is 10.8. The van der Waals surface area contributed by atoms with Crippen molar-refractivity contribution in [3.8, 4) is 22.1 Å². The molecular weight excluding hydrogens is 481 g/mol. The Balaban J connectivity index is 1.27. The van der Waals surface area contributed by atoms with Gasteiger partial charge in [-0.15, -0.1) is 11.3 Å². The molecule has 2 N–H and O–H groups in total. The van der Waals surface area contributed by atoms with E-state index in [0.717, 1.165) is 32.4 Å². The second kappa shape index (κ2) is 9.96. The van der Waals surface area contributed by atoms with Crippen molar-refractivity contribution in [3.63, 3.8) is 0 Å². The van der Waals surface area contributed by atoms with Crippen LogP contribution in [0, 0.1) is 5.82 Å². The third-order valence-electron chi connectivity index (χ3n) is 5.32. The number of benzene rings is 2. The van der Waals surface area contributed by atoms with Crippen LogP contribution in [0.15, 0.2) is 79.4 Å². The van der Waals surface area contributed by atoms with Gasteiger partial charge in [0.25, 0.3) is 0 Å². The quantitative estimate of drug-likeness (QED) is 0.319. The number of hydrogen-bond acceptors (Lipinski definition) is 6. The number of hydrogen-bond donors (Lipinski definition) is 2. The number of fused-ring (bicyclic) bond motifs is 1. The second-order valence-corrected chi connectivity index (χ2v) is 8.99. The zero-order valence-electron chi connectivity index (χ0n) is 19.1. The predicted molar refractivity (Wildman–Crippen MR) is 136 cm³/mol. The molecule has 0 spiro atoms. The number of halogens is 1. The summed E-state index contributed by atoms with van der Waals surface area (Å²) in [4.78, 5) is 33.7. The molecule has 0 aliphatic heterocycles. The molecule has 0 aliphatic rings. The van der Waals surface area contributed by atoms with Crippen LogP contribution in [-0.4, -0.2) is 26.5 Å². The maximum absolute atomic E-state index is 14.8. The highest BCUT2D eigenvalue weighted by Gasteiger charge is 2.15. The molecule has 0 unspecified atom stereocenters. The van der Waals surface area contributed by atoms with Gasteiger partial charge in [-0.2, -0.15) is 0 Å². The molecule has 0 saturated carbocycles. The van der Waals surface area contributed by atoms with E-state index >= 15 is 0 Å². The number of rotatable bonds is 6. The maximum Gasteiger partial charge on any atom is 0.325 e. The highest BCUT2D eigenvalue weighted by Crippen LogP contribution is 2.39. The molecule has 3 heterocycles. The number of urea groups is 1. The molecular formula is C26H20FN5O3S. The summed E-state index contributed by atoms with van der Waals surface area (Å²) in [6.45, 7) is 0. The number of nitrogens with one attached hydrogen (secondary N) is 2. The van der Waals surface area contributed by atoms with Gasteiger partial charge in [0.2, 0.25) is 5.91 Å². The van der Waals surface area contributed by atoms with Crippen LogP contribution in [0.3, 0.4) is 0 Å².